The Balaban J connectivity index is 2.86. The van der Waals surface area contributed by atoms with E-state index < -0.39 is 4.92 Å². The zero-order chi connectivity index (χ0) is 15.8. The predicted octanol–water partition coefficient (Wildman–Crippen LogP) is 2.63. The molecular weight excluding hydrogens is 290 g/mol. The number of nitro benzene ring substituents is 1. The molecule has 21 heavy (non-hydrogen) atoms. The monoisotopic (exact) mass is 309 g/mol. The van der Waals surface area contributed by atoms with Crippen molar-refractivity contribution in [2.45, 2.75) is 0 Å². The van der Waals surface area contributed by atoms with Crippen LogP contribution in [0.5, 0.6) is 0 Å². The van der Waals surface area contributed by atoms with Gasteiger partial charge in [0.15, 0.2) is 0 Å². The molecular formula is C14H19N3O3S. The Morgan fingerprint density at radius 1 is 1.52 bits per heavy atom. The number of thioether (sulfide) groups is 1. The van der Waals surface area contributed by atoms with Gasteiger partial charge >= 0.3 is 0 Å². The van der Waals surface area contributed by atoms with Gasteiger partial charge in [-0.15, -0.1) is 6.58 Å². The van der Waals surface area contributed by atoms with Crippen LogP contribution in [0.3, 0.4) is 0 Å². The van der Waals surface area contributed by atoms with Gasteiger partial charge in [-0.25, -0.2) is 0 Å². The highest BCUT2D eigenvalue weighted by molar-refractivity contribution is 7.99. The molecule has 0 unspecified atom stereocenters. The SMILES string of the molecule is C=CCSCCNc1cc(C(=O)N(C)C)ccc1[N+](=O)[O-]. The fourth-order valence-corrected chi connectivity index (χ4v) is 2.23. The van der Waals surface area contributed by atoms with Crippen molar-refractivity contribution in [2.75, 3.05) is 37.5 Å². The smallest absolute Gasteiger partial charge is 0.292 e. The summed E-state index contributed by atoms with van der Waals surface area (Å²) in [6.45, 7) is 4.21. The van der Waals surface area contributed by atoms with Crippen molar-refractivity contribution in [3.63, 3.8) is 0 Å². The first-order chi connectivity index (χ1) is 9.97. The van der Waals surface area contributed by atoms with Gasteiger partial charge in [-0.1, -0.05) is 6.08 Å². The van der Waals surface area contributed by atoms with E-state index in [1.807, 2.05) is 6.08 Å². The van der Waals surface area contributed by atoms with E-state index in [0.717, 1.165) is 11.5 Å². The maximum absolute atomic E-state index is 11.9. The number of anilines is 1. The van der Waals surface area contributed by atoms with E-state index in [2.05, 4.69) is 11.9 Å². The van der Waals surface area contributed by atoms with Crippen LogP contribution in [0.2, 0.25) is 0 Å². The molecule has 0 saturated carbocycles. The van der Waals surface area contributed by atoms with Gasteiger partial charge in [0.1, 0.15) is 5.69 Å². The second kappa shape index (κ2) is 8.31. The number of hydrogen-bond donors (Lipinski definition) is 1. The number of nitrogens with one attached hydrogen (secondary N) is 1. The van der Waals surface area contributed by atoms with Crippen LogP contribution in [-0.2, 0) is 0 Å². The highest BCUT2D eigenvalue weighted by Crippen LogP contribution is 2.26. The highest BCUT2D eigenvalue weighted by Gasteiger charge is 2.17. The van der Waals surface area contributed by atoms with E-state index in [9.17, 15) is 14.9 Å². The Morgan fingerprint density at radius 2 is 2.24 bits per heavy atom. The minimum atomic E-state index is -0.455. The van der Waals surface area contributed by atoms with Crippen LogP contribution < -0.4 is 5.32 Å². The predicted molar refractivity (Wildman–Crippen MR) is 87.1 cm³/mol. The molecule has 0 bridgehead atoms. The number of nitro groups is 1. The summed E-state index contributed by atoms with van der Waals surface area (Å²) >= 11 is 1.68. The van der Waals surface area contributed by atoms with Gasteiger partial charge in [0.2, 0.25) is 0 Å². The normalized spacial score (nSPS) is 10.0. The molecule has 0 saturated heterocycles. The summed E-state index contributed by atoms with van der Waals surface area (Å²) < 4.78 is 0. The summed E-state index contributed by atoms with van der Waals surface area (Å²) in [7, 11) is 3.28. The summed E-state index contributed by atoms with van der Waals surface area (Å²) in [6.07, 6.45) is 1.81. The van der Waals surface area contributed by atoms with E-state index in [0.29, 0.717) is 17.8 Å². The van der Waals surface area contributed by atoms with Gasteiger partial charge in [-0.3, -0.25) is 14.9 Å². The molecule has 0 fully saturated rings. The average Bonchev–Trinajstić information content (AvgIpc) is 2.45. The molecule has 6 nitrogen and oxygen atoms in total. The van der Waals surface area contributed by atoms with Crippen LogP contribution in [0.25, 0.3) is 0 Å². The molecule has 1 amide bonds. The molecule has 1 aromatic carbocycles. The largest absolute Gasteiger partial charge is 0.379 e. The van der Waals surface area contributed by atoms with Gasteiger partial charge in [-0.05, 0) is 12.1 Å². The first kappa shape index (κ1) is 17.0. The molecule has 0 heterocycles. The molecule has 0 aliphatic heterocycles. The Labute approximate surface area is 128 Å². The number of hydrogen-bond acceptors (Lipinski definition) is 5. The topological polar surface area (TPSA) is 75.5 Å². The van der Waals surface area contributed by atoms with Crippen LogP contribution in [-0.4, -0.2) is 47.9 Å². The first-order valence-corrected chi connectivity index (χ1v) is 7.55. The van der Waals surface area contributed by atoms with Gasteiger partial charge in [0, 0.05) is 43.8 Å². The molecule has 114 valence electrons. The minimum absolute atomic E-state index is 0.0287. The quantitative estimate of drug-likeness (QED) is 0.346. The number of amides is 1. The van der Waals surface area contributed by atoms with Crippen LogP contribution in [0, 0.1) is 10.1 Å². The molecule has 1 aromatic rings. The third-order valence-electron chi connectivity index (χ3n) is 2.64. The maximum Gasteiger partial charge on any atom is 0.292 e. The molecule has 0 atom stereocenters. The van der Waals surface area contributed by atoms with Crippen LogP contribution in [0.15, 0.2) is 30.9 Å². The zero-order valence-corrected chi connectivity index (χ0v) is 13.0. The molecule has 0 spiro atoms. The van der Waals surface area contributed by atoms with Crippen molar-refractivity contribution in [2.24, 2.45) is 0 Å². The molecule has 0 aliphatic rings. The van der Waals surface area contributed by atoms with Crippen LogP contribution >= 0.6 is 11.8 Å². The summed E-state index contributed by atoms with van der Waals surface area (Å²) in [4.78, 5) is 23.9. The lowest BCUT2D eigenvalue weighted by Crippen LogP contribution is -2.21. The number of carbonyl (C=O) groups is 1. The van der Waals surface area contributed by atoms with E-state index in [-0.39, 0.29) is 11.6 Å². The summed E-state index contributed by atoms with van der Waals surface area (Å²) in [5.41, 5.74) is 0.762. The molecule has 7 heteroatoms. The van der Waals surface area contributed by atoms with E-state index >= 15 is 0 Å². The van der Waals surface area contributed by atoms with Crippen molar-refractivity contribution in [1.82, 2.24) is 4.90 Å². The van der Waals surface area contributed by atoms with E-state index in [1.54, 1.807) is 25.9 Å². The maximum atomic E-state index is 11.9. The third-order valence-corrected chi connectivity index (χ3v) is 3.61. The Kier molecular flexibility index (Phi) is 6.74. The molecule has 0 aromatic heterocycles. The minimum Gasteiger partial charge on any atom is -0.379 e. The number of nitrogens with zero attached hydrogens (tertiary/aromatic N) is 2. The number of rotatable bonds is 8. The second-order valence-electron chi connectivity index (χ2n) is 4.48. The molecule has 1 N–H and O–H groups in total. The number of carbonyl (C=O) groups excluding carboxylic acids is 1. The number of benzene rings is 1. The lowest BCUT2D eigenvalue weighted by molar-refractivity contribution is -0.384. The van der Waals surface area contributed by atoms with E-state index in [4.69, 9.17) is 0 Å². The van der Waals surface area contributed by atoms with Crippen molar-refractivity contribution in [1.29, 1.82) is 0 Å². The van der Waals surface area contributed by atoms with Crippen molar-refractivity contribution in [3.8, 4) is 0 Å². The Morgan fingerprint density at radius 3 is 2.81 bits per heavy atom. The Hall–Kier alpha value is -2.02. The van der Waals surface area contributed by atoms with Crippen molar-refractivity contribution >= 4 is 29.0 Å². The summed E-state index contributed by atoms with van der Waals surface area (Å²) in [5, 5.41) is 14.0. The van der Waals surface area contributed by atoms with Gasteiger partial charge in [-0.2, -0.15) is 11.8 Å². The van der Waals surface area contributed by atoms with Crippen molar-refractivity contribution < 1.29 is 9.72 Å². The molecule has 0 radical (unpaired) electrons. The van der Waals surface area contributed by atoms with E-state index in [1.165, 1.54) is 23.1 Å². The summed E-state index contributed by atoms with van der Waals surface area (Å²) in [6, 6.07) is 4.35. The zero-order valence-electron chi connectivity index (χ0n) is 12.2. The molecule has 0 aliphatic carbocycles. The van der Waals surface area contributed by atoms with Gasteiger partial charge in [0.25, 0.3) is 11.6 Å². The van der Waals surface area contributed by atoms with Gasteiger partial charge < -0.3 is 10.2 Å². The average molecular weight is 309 g/mol. The fraction of sp³-hybridized carbons (Fsp3) is 0.357. The standard InChI is InChI=1S/C14H19N3O3S/c1-4-8-21-9-7-15-12-10-11(14(18)16(2)3)5-6-13(12)17(19)20/h4-6,10,15H,1,7-9H2,2-3H3. The highest BCUT2D eigenvalue weighted by atomic mass is 32.2. The summed E-state index contributed by atoms with van der Waals surface area (Å²) in [5.74, 6) is 1.45. The fourth-order valence-electron chi connectivity index (χ4n) is 1.65. The second-order valence-corrected chi connectivity index (χ2v) is 5.63. The lowest BCUT2D eigenvalue weighted by atomic mass is 10.1. The Bertz CT molecular complexity index is 532. The van der Waals surface area contributed by atoms with Crippen molar-refractivity contribution in [3.05, 3.63) is 46.5 Å². The third kappa shape index (κ3) is 5.11. The lowest BCUT2D eigenvalue weighted by Gasteiger charge is -2.12. The van der Waals surface area contributed by atoms with Crippen LogP contribution in [0.1, 0.15) is 10.4 Å². The molecule has 1 rings (SSSR count). The van der Waals surface area contributed by atoms with Gasteiger partial charge in [0.05, 0.1) is 4.92 Å². The van der Waals surface area contributed by atoms with Crippen LogP contribution in [0.4, 0.5) is 11.4 Å². The first-order valence-electron chi connectivity index (χ1n) is 6.40.